The summed E-state index contributed by atoms with van der Waals surface area (Å²) in [5.41, 5.74) is 3.69. The van der Waals surface area contributed by atoms with Crippen LogP contribution in [0.4, 0.5) is 0 Å². The molecule has 3 saturated heterocycles. The van der Waals surface area contributed by atoms with Gasteiger partial charge in [-0.1, -0.05) is 47.5 Å². The van der Waals surface area contributed by atoms with Crippen LogP contribution in [0.3, 0.4) is 0 Å². The smallest absolute Gasteiger partial charge is 0.0491 e. The van der Waals surface area contributed by atoms with Gasteiger partial charge in [-0.15, -0.1) is 0 Å². The lowest BCUT2D eigenvalue weighted by Crippen LogP contribution is -2.55. The summed E-state index contributed by atoms with van der Waals surface area (Å²) >= 11 is 12.5. The van der Waals surface area contributed by atoms with E-state index in [0.29, 0.717) is 11.1 Å². The van der Waals surface area contributed by atoms with E-state index in [0.717, 1.165) is 29.6 Å². The zero-order valence-electron chi connectivity index (χ0n) is 15.9. The Morgan fingerprint density at radius 3 is 2.57 bits per heavy atom. The van der Waals surface area contributed by atoms with Crippen LogP contribution >= 0.6 is 23.2 Å². The molecule has 4 heterocycles. The van der Waals surface area contributed by atoms with Crippen LogP contribution in [0.25, 0.3) is 10.9 Å². The van der Waals surface area contributed by atoms with Crippen LogP contribution in [0.1, 0.15) is 24.0 Å². The topological polar surface area (TPSA) is 20.2 Å². The number of nitrogens with zero attached hydrogens (tertiary/aromatic N) is 2. The predicted octanol–water partition coefficient (Wildman–Crippen LogP) is 5.18. The maximum Gasteiger partial charge on any atom is 0.0491 e. The number of hydrogen-bond acceptors (Lipinski definition) is 2. The maximum atomic E-state index is 6.42. The molecule has 146 valence electrons. The van der Waals surface area contributed by atoms with Gasteiger partial charge in [0, 0.05) is 52.8 Å². The minimum Gasteiger partial charge on any atom is -0.343 e. The first-order valence-electron chi connectivity index (χ1n) is 10.1. The third-order valence-electron chi connectivity index (χ3n) is 6.44. The summed E-state index contributed by atoms with van der Waals surface area (Å²) < 4.78 is 2.30. The molecular weight excluding hydrogens is 389 g/mol. The molecule has 0 aliphatic carbocycles. The fourth-order valence-corrected chi connectivity index (χ4v) is 5.33. The Morgan fingerprint density at radius 1 is 1.00 bits per heavy atom. The Kier molecular flexibility index (Phi) is 5.10. The van der Waals surface area contributed by atoms with E-state index < -0.39 is 0 Å². The molecule has 3 fully saturated rings. The fraction of sp³-hybridized carbons (Fsp3) is 0.391. The molecule has 6 rings (SSSR count). The second kappa shape index (κ2) is 7.72. The second-order valence-electron chi connectivity index (χ2n) is 8.16. The van der Waals surface area contributed by atoms with Crippen molar-refractivity contribution in [1.29, 1.82) is 0 Å². The van der Waals surface area contributed by atoms with Crippen LogP contribution in [0.5, 0.6) is 0 Å². The van der Waals surface area contributed by atoms with E-state index in [2.05, 4.69) is 45.2 Å². The lowest BCUT2D eigenvalue weighted by molar-refractivity contribution is 0.0720. The first-order valence-corrected chi connectivity index (χ1v) is 10.9. The summed E-state index contributed by atoms with van der Waals surface area (Å²) in [6, 6.07) is 15.0. The van der Waals surface area contributed by atoms with Crippen molar-refractivity contribution in [1.82, 2.24) is 14.8 Å². The van der Waals surface area contributed by atoms with Crippen molar-refractivity contribution in [3.8, 4) is 0 Å². The number of fused-ring (bicyclic) bond motifs is 4. The van der Waals surface area contributed by atoms with Gasteiger partial charge in [0.05, 0.1) is 0 Å². The Balaban J connectivity index is 1.39. The van der Waals surface area contributed by atoms with Gasteiger partial charge in [-0.2, -0.15) is 0 Å². The van der Waals surface area contributed by atoms with E-state index in [1.165, 1.54) is 48.9 Å². The highest BCUT2D eigenvalue weighted by Crippen LogP contribution is 2.29. The number of rotatable bonds is 5. The highest BCUT2D eigenvalue weighted by molar-refractivity contribution is 6.35. The van der Waals surface area contributed by atoms with Crippen LogP contribution in [-0.2, 0) is 13.1 Å². The van der Waals surface area contributed by atoms with Gasteiger partial charge in [0.2, 0.25) is 0 Å². The van der Waals surface area contributed by atoms with E-state index in [1.54, 1.807) is 0 Å². The molecule has 28 heavy (non-hydrogen) atoms. The normalized spacial score (nSPS) is 24.1. The number of aromatic nitrogens is 1. The first kappa shape index (κ1) is 18.5. The van der Waals surface area contributed by atoms with Crippen molar-refractivity contribution in [3.63, 3.8) is 0 Å². The summed E-state index contributed by atoms with van der Waals surface area (Å²) in [5.74, 6) is 0.839. The molecule has 1 aromatic heterocycles. The molecule has 0 amide bonds. The number of benzene rings is 2. The van der Waals surface area contributed by atoms with Crippen LogP contribution in [0.2, 0.25) is 10.0 Å². The largest absolute Gasteiger partial charge is 0.343 e. The molecule has 3 aliphatic rings. The minimum atomic E-state index is 0.621. The number of halogens is 2. The van der Waals surface area contributed by atoms with E-state index >= 15 is 0 Å². The molecule has 5 heteroatoms. The highest BCUT2D eigenvalue weighted by atomic mass is 35.5. The maximum absolute atomic E-state index is 6.42. The average molecular weight is 414 g/mol. The molecule has 0 spiro atoms. The summed E-state index contributed by atoms with van der Waals surface area (Å²) in [7, 11) is 0. The van der Waals surface area contributed by atoms with Crippen LogP contribution in [0, 0.1) is 5.92 Å². The number of para-hydroxylation sites is 1. The van der Waals surface area contributed by atoms with E-state index in [-0.39, 0.29) is 0 Å². The van der Waals surface area contributed by atoms with Crippen molar-refractivity contribution in [3.05, 3.63) is 69.8 Å². The van der Waals surface area contributed by atoms with Gasteiger partial charge in [-0.25, -0.2) is 0 Å². The Hall–Kier alpha value is -1.52. The summed E-state index contributed by atoms with van der Waals surface area (Å²) in [4.78, 5) is 2.60. The summed E-state index contributed by atoms with van der Waals surface area (Å²) in [6.07, 6.45) is 4.97. The SMILES string of the molecule is Clc1ccc(Cn2cc(CNC3CN4CCC3CC4)c3ccccc32)c(Cl)c1. The molecule has 1 unspecified atom stereocenters. The van der Waals surface area contributed by atoms with Crippen LogP contribution in [-0.4, -0.2) is 35.1 Å². The van der Waals surface area contributed by atoms with Gasteiger partial charge in [0.25, 0.3) is 0 Å². The van der Waals surface area contributed by atoms with Gasteiger partial charge in [-0.3, -0.25) is 0 Å². The van der Waals surface area contributed by atoms with Crippen molar-refractivity contribution in [2.24, 2.45) is 5.92 Å². The van der Waals surface area contributed by atoms with Gasteiger partial charge >= 0.3 is 0 Å². The van der Waals surface area contributed by atoms with Gasteiger partial charge in [-0.05, 0) is 61.2 Å². The summed E-state index contributed by atoms with van der Waals surface area (Å²) in [5, 5.41) is 6.57. The number of piperidine rings is 3. The Bertz CT molecular complexity index is 989. The molecule has 1 N–H and O–H groups in total. The quantitative estimate of drug-likeness (QED) is 0.621. The van der Waals surface area contributed by atoms with E-state index in [4.69, 9.17) is 23.2 Å². The number of nitrogens with one attached hydrogen (secondary N) is 1. The molecule has 2 aromatic carbocycles. The van der Waals surface area contributed by atoms with E-state index in [9.17, 15) is 0 Å². The standard InChI is InChI=1S/C23H25Cl2N3/c24-19-6-5-17(21(25)11-19)13-28-14-18(20-3-1-2-4-23(20)28)12-26-22-15-27-9-7-16(22)8-10-27/h1-6,11,14,16,22,26H,7-10,12-13,15H2. The molecule has 3 aromatic rings. The van der Waals surface area contributed by atoms with Gasteiger partial charge in [0.15, 0.2) is 0 Å². The van der Waals surface area contributed by atoms with Crippen molar-refractivity contribution in [2.75, 3.05) is 19.6 Å². The van der Waals surface area contributed by atoms with Crippen LogP contribution in [0.15, 0.2) is 48.7 Å². The third kappa shape index (κ3) is 3.57. The molecule has 2 bridgehead atoms. The fourth-order valence-electron chi connectivity index (χ4n) is 4.87. The van der Waals surface area contributed by atoms with Gasteiger partial charge < -0.3 is 14.8 Å². The molecule has 0 saturated carbocycles. The average Bonchev–Trinajstić information content (AvgIpc) is 3.07. The lowest BCUT2D eigenvalue weighted by Gasteiger charge is -2.45. The zero-order chi connectivity index (χ0) is 19.1. The molecule has 1 atom stereocenters. The molecule has 3 nitrogen and oxygen atoms in total. The monoisotopic (exact) mass is 413 g/mol. The zero-order valence-corrected chi connectivity index (χ0v) is 17.4. The van der Waals surface area contributed by atoms with Crippen molar-refractivity contribution >= 4 is 34.1 Å². The highest BCUT2D eigenvalue weighted by Gasteiger charge is 2.33. The predicted molar refractivity (Wildman–Crippen MR) is 117 cm³/mol. The summed E-state index contributed by atoms with van der Waals surface area (Å²) in [6.45, 7) is 5.42. The van der Waals surface area contributed by atoms with Crippen LogP contribution < -0.4 is 5.32 Å². The van der Waals surface area contributed by atoms with Crippen molar-refractivity contribution in [2.45, 2.75) is 32.0 Å². The van der Waals surface area contributed by atoms with E-state index in [1.807, 2.05) is 18.2 Å². The first-order chi connectivity index (χ1) is 13.7. The second-order valence-corrected chi connectivity index (χ2v) is 9.00. The molecule has 0 radical (unpaired) electrons. The third-order valence-corrected chi connectivity index (χ3v) is 7.02. The molecule has 3 aliphatic heterocycles. The Labute approximate surface area is 176 Å². The number of hydrogen-bond donors (Lipinski definition) is 1. The Morgan fingerprint density at radius 2 is 1.82 bits per heavy atom. The molecular formula is C23H25Cl2N3. The lowest BCUT2D eigenvalue weighted by atomic mass is 9.84. The minimum absolute atomic E-state index is 0.621. The van der Waals surface area contributed by atoms with Gasteiger partial charge in [0.1, 0.15) is 0 Å². The van der Waals surface area contributed by atoms with Crippen molar-refractivity contribution < 1.29 is 0 Å².